The van der Waals surface area contributed by atoms with Gasteiger partial charge in [-0.05, 0) is 25.1 Å². The summed E-state index contributed by atoms with van der Waals surface area (Å²) in [5.41, 5.74) is 9.83. The molecule has 1 aromatic rings. The third kappa shape index (κ3) is 3.95. The van der Waals surface area contributed by atoms with Gasteiger partial charge in [0, 0.05) is 5.69 Å². The van der Waals surface area contributed by atoms with Crippen LogP contribution in [-0.4, -0.2) is 24.0 Å². The van der Waals surface area contributed by atoms with E-state index in [9.17, 15) is 18.8 Å². The van der Waals surface area contributed by atoms with Gasteiger partial charge in [0.15, 0.2) is 6.10 Å². The van der Waals surface area contributed by atoms with E-state index in [-0.39, 0.29) is 11.3 Å². The molecule has 0 aliphatic heterocycles. The van der Waals surface area contributed by atoms with Gasteiger partial charge in [-0.1, -0.05) is 0 Å². The monoisotopic (exact) mass is 269 g/mol. The molecule has 19 heavy (non-hydrogen) atoms. The second-order valence-electron chi connectivity index (χ2n) is 3.64. The smallest absolute Gasteiger partial charge is 0.341 e. The summed E-state index contributed by atoms with van der Waals surface area (Å²) in [6, 6.07) is 2.32. The summed E-state index contributed by atoms with van der Waals surface area (Å²) in [5.74, 6) is -2.83. The number of imide groups is 1. The highest BCUT2D eigenvalue weighted by atomic mass is 19.1. The Morgan fingerprint density at radius 3 is 2.53 bits per heavy atom. The van der Waals surface area contributed by atoms with E-state index in [1.807, 2.05) is 0 Å². The lowest BCUT2D eigenvalue weighted by Crippen LogP contribution is -2.42. The van der Waals surface area contributed by atoms with Crippen molar-refractivity contribution in [3.05, 3.63) is 29.6 Å². The first-order chi connectivity index (χ1) is 8.81. The number of primary amides is 1. The number of nitrogens with two attached hydrogens (primary N) is 2. The van der Waals surface area contributed by atoms with E-state index in [2.05, 4.69) is 4.74 Å². The van der Waals surface area contributed by atoms with Crippen LogP contribution in [0.25, 0.3) is 0 Å². The molecule has 0 spiro atoms. The lowest BCUT2D eigenvalue weighted by atomic mass is 10.2. The Morgan fingerprint density at radius 2 is 2.00 bits per heavy atom. The average Bonchev–Trinajstić information content (AvgIpc) is 2.27. The number of hydrogen-bond donors (Lipinski definition) is 3. The number of amides is 3. The molecule has 0 aliphatic rings. The van der Waals surface area contributed by atoms with E-state index in [4.69, 9.17) is 11.5 Å². The first-order valence-corrected chi connectivity index (χ1v) is 5.17. The van der Waals surface area contributed by atoms with Crippen LogP contribution in [0.1, 0.15) is 17.3 Å². The minimum absolute atomic E-state index is 0.147. The standard InChI is InChI=1S/C11H12FN3O4/c1-5(9(16)15-11(14)18)19-10(17)7-3-2-6(13)4-8(7)12/h2-5H,13H2,1H3,(H3,14,15,16,18). The van der Waals surface area contributed by atoms with Gasteiger partial charge >= 0.3 is 12.0 Å². The van der Waals surface area contributed by atoms with Crippen LogP contribution in [0.15, 0.2) is 18.2 Å². The van der Waals surface area contributed by atoms with Crippen LogP contribution in [0.5, 0.6) is 0 Å². The maximum absolute atomic E-state index is 13.4. The van der Waals surface area contributed by atoms with Crippen molar-refractivity contribution in [1.82, 2.24) is 5.32 Å². The highest BCUT2D eigenvalue weighted by molar-refractivity contribution is 5.98. The summed E-state index contributed by atoms with van der Waals surface area (Å²) in [4.78, 5) is 33.3. The van der Waals surface area contributed by atoms with Crippen LogP contribution in [0, 0.1) is 5.82 Å². The molecule has 0 saturated carbocycles. The highest BCUT2D eigenvalue weighted by Gasteiger charge is 2.21. The van der Waals surface area contributed by atoms with Crippen molar-refractivity contribution in [3.63, 3.8) is 0 Å². The molecule has 0 aliphatic carbocycles. The lowest BCUT2D eigenvalue weighted by Gasteiger charge is -2.12. The molecule has 5 N–H and O–H groups in total. The van der Waals surface area contributed by atoms with Crippen LogP contribution >= 0.6 is 0 Å². The molecular formula is C11H12FN3O4. The van der Waals surface area contributed by atoms with Crippen molar-refractivity contribution in [1.29, 1.82) is 0 Å². The number of nitrogen functional groups attached to an aromatic ring is 1. The first kappa shape index (κ1) is 14.4. The molecule has 1 rings (SSSR count). The van der Waals surface area contributed by atoms with Crippen molar-refractivity contribution < 1.29 is 23.5 Å². The number of esters is 1. The molecule has 102 valence electrons. The molecule has 1 aromatic carbocycles. The summed E-state index contributed by atoms with van der Waals surface area (Å²) < 4.78 is 18.1. The van der Waals surface area contributed by atoms with Gasteiger partial charge in [-0.15, -0.1) is 0 Å². The number of anilines is 1. The number of benzene rings is 1. The predicted octanol–water partition coefficient (Wildman–Crippen LogP) is 0.148. The molecule has 0 saturated heterocycles. The van der Waals surface area contributed by atoms with Crippen LogP contribution in [-0.2, 0) is 9.53 Å². The van der Waals surface area contributed by atoms with Crippen LogP contribution in [0.3, 0.4) is 0 Å². The van der Waals surface area contributed by atoms with Crippen molar-refractivity contribution >= 4 is 23.6 Å². The molecule has 0 aromatic heterocycles. The van der Waals surface area contributed by atoms with E-state index in [0.29, 0.717) is 0 Å². The van der Waals surface area contributed by atoms with E-state index >= 15 is 0 Å². The number of carbonyl (C=O) groups excluding carboxylic acids is 3. The summed E-state index contributed by atoms with van der Waals surface area (Å²) >= 11 is 0. The number of nitrogens with one attached hydrogen (secondary N) is 1. The zero-order valence-corrected chi connectivity index (χ0v) is 9.98. The van der Waals surface area contributed by atoms with E-state index in [1.54, 1.807) is 5.32 Å². The van der Waals surface area contributed by atoms with Gasteiger partial charge in [-0.25, -0.2) is 14.0 Å². The SMILES string of the molecule is CC(OC(=O)c1ccc(N)cc1F)C(=O)NC(N)=O. The zero-order chi connectivity index (χ0) is 14.6. The van der Waals surface area contributed by atoms with Gasteiger partial charge in [-0.3, -0.25) is 10.1 Å². The summed E-state index contributed by atoms with van der Waals surface area (Å²) in [6.45, 7) is 1.21. The molecule has 8 heteroatoms. The minimum Gasteiger partial charge on any atom is -0.449 e. The van der Waals surface area contributed by atoms with Gasteiger partial charge in [0.05, 0.1) is 5.56 Å². The predicted molar refractivity (Wildman–Crippen MR) is 63.4 cm³/mol. The molecule has 0 heterocycles. The second-order valence-corrected chi connectivity index (χ2v) is 3.64. The van der Waals surface area contributed by atoms with Crippen LogP contribution in [0.4, 0.5) is 14.9 Å². The average molecular weight is 269 g/mol. The Kier molecular flexibility index (Phi) is 4.41. The Morgan fingerprint density at radius 1 is 1.37 bits per heavy atom. The van der Waals surface area contributed by atoms with Gasteiger partial charge in [0.2, 0.25) is 0 Å². The number of urea groups is 1. The molecule has 0 bridgehead atoms. The van der Waals surface area contributed by atoms with Crippen LogP contribution < -0.4 is 16.8 Å². The maximum atomic E-state index is 13.4. The first-order valence-electron chi connectivity index (χ1n) is 5.17. The highest BCUT2D eigenvalue weighted by Crippen LogP contribution is 2.13. The number of halogens is 1. The minimum atomic E-state index is -1.29. The van der Waals surface area contributed by atoms with Crippen molar-refractivity contribution in [3.8, 4) is 0 Å². The fourth-order valence-corrected chi connectivity index (χ4v) is 1.20. The lowest BCUT2D eigenvalue weighted by molar-refractivity contribution is -0.127. The number of ether oxygens (including phenoxy) is 1. The fourth-order valence-electron chi connectivity index (χ4n) is 1.20. The summed E-state index contributed by atoms with van der Waals surface area (Å²) in [7, 11) is 0. The Bertz CT molecular complexity index is 533. The Balaban J connectivity index is 2.74. The maximum Gasteiger partial charge on any atom is 0.341 e. The number of hydrogen-bond acceptors (Lipinski definition) is 5. The third-order valence-electron chi connectivity index (χ3n) is 2.11. The van der Waals surface area contributed by atoms with Crippen molar-refractivity contribution in [2.45, 2.75) is 13.0 Å². The normalized spacial score (nSPS) is 11.5. The molecule has 1 atom stereocenters. The Labute approximate surface area is 107 Å². The van der Waals surface area contributed by atoms with Crippen LogP contribution in [0.2, 0.25) is 0 Å². The van der Waals surface area contributed by atoms with Gasteiger partial charge in [-0.2, -0.15) is 0 Å². The Hall–Kier alpha value is -2.64. The van der Waals surface area contributed by atoms with Crippen molar-refractivity contribution in [2.75, 3.05) is 5.73 Å². The van der Waals surface area contributed by atoms with Gasteiger partial charge in [0.25, 0.3) is 5.91 Å². The number of rotatable bonds is 3. The zero-order valence-electron chi connectivity index (χ0n) is 9.98. The molecule has 0 fully saturated rings. The molecule has 1 unspecified atom stereocenters. The van der Waals surface area contributed by atoms with E-state index in [0.717, 1.165) is 12.1 Å². The van der Waals surface area contributed by atoms with Crippen molar-refractivity contribution in [2.24, 2.45) is 5.73 Å². The third-order valence-corrected chi connectivity index (χ3v) is 2.11. The molecule has 0 radical (unpaired) electrons. The molecule has 3 amide bonds. The van der Waals surface area contributed by atoms with Gasteiger partial charge in [0.1, 0.15) is 5.82 Å². The topological polar surface area (TPSA) is 125 Å². The second kappa shape index (κ2) is 5.80. The largest absolute Gasteiger partial charge is 0.449 e. The quantitative estimate of drug-likeness (QED) is 0.532. The van der Waals surface area contributed by atoms with E-state index < -0.39 is 29.8 Å². The number of carbonyl (C=O) groups is 3. The summed E-state index contributed by atoms with van der Waals surface area (Å²) in [6.07, 6.45) is -1.29. The molecular weight excluding hydrogens is 257 g/mol. The van der Waals surface area contributed by atoms with E-state index in [1.165, 1.54) is 13.0 Å². The fraction of sp³-hybridized carbons (Fsp3) is 0.182. The van der Waals surface area contributed by atoms with Gasteiger partial charge < -0.3 is 16.2 Å². The molecule has 7 nitrogen and oxygen atoms in total. The summed E-state index contributed by atoms with van der Waals surface area (Å²) in [5, 5.41) is 1.73.